The van der Waals surface area contributed by atoms with Crippen LogP contribution in [0.25, 0.3) is 6.08 Å². The van der Waals surface area contributed by atoms with E-state index in [4.69, 9.17) is 0 Å². The van der Waals surface area contributed by atoms with E-state index in [1.165, 1.54) is 6.08 Å². The highest BCUT2D eigenvalue weighted by Gasteiger charge is 1.88. The SMILES string of the molecule is C=COC(=O)/C=C/C=C/c1ccccc1. The second-order valence-electron chi connectivity index (χ2n) is 2.73. The van der Waals surface area contributed by atoms with Gasteiger partial charge in [-0.25, -0.2) is 4.79 Å². The maximum absolute atomic E-state index is 10.8. The molecule has 0 saturated carbocycles. The molecule has 0 bridgehead atoms. The summed E-state index contributed by atoms with van der Waals surface area (Å²) in [6.45, 7) is 3.28. The monoisotopic (exact) mass is 200 g/mol. The molecular formula is C13H12O2. The van der Waals surface area contributed by atoms with Crippen molar-refractivity contribution in [1.29, 1.82) is 0 Å². The van der Waals surface area contributed by atoms with Crippen molar-refractivity contribution in [3.63, 3.8) is 0 Å². The fraction of sp³-hybridized carbons (Fsp3) is 0. The molecule has 0 N–H and O–H groups in total. The first-order valence-electron chi connectivity index (χ1n) is 4.54. The van der Waals surface area contributed by atoms with Crippen LogP contribution < -0.4 is 0 Å². The van der Waals surface area contributed by atoms with Gasteiger partial charge >= 0.3 is 5.97 Å². The summed E-state index contributed by atoms with van der Waals surface area (Å²) in [6, 6.07) is 9.82. The molecule has 0 saturated heterocycles. The predicted molar refractivity (Wildman–Crippen MR) is 60.9 cm³/mol. The Balaban J connectivity index is 2.46. The van der Waals surface area contributed by atoms with Gasteiger partial charge in [-0.3, -0.25) is 0 Å². The molecule has 0 amide bonds. The molecule has 0 spiro atoms. The first kappa shape index (κ1) is 11.0. The molecule has 0 aliphatic heterocycles. The number of esters is 1. The van der Waals surface area contributed by atoms with E-state index in [1.54, 1.807) is 12.2 Å². The van der Waals surface area contributed by atoms with E-state index in [1.807, 2.05) is 36.4 Å². The fourth-order valence-corrected chi connectivity index (χ4v) is 0.986. The van der Waals surface area contributed by atoms with Gasteiger partial charge in [0.25, 0.3) is 0 Å². The summed E-state index contributed by atoms with van der Waals surface area (Å²) in [5, 5.41) is 0. The largest absolute Gasteiger partial charge is 0.432 e. The lowest BCUT2D eigenvalue weighted by molar-refractivity contribution is -0.132. The molecule has 0 atom stereocenters. The van der Waals surface area contributed by atoms with E-state index in [9.17, 15) is 4.79 Å². The van der Waals surface area contributed by atoms with E-state index in [2.05, 4.69) is 11.3 Å². The third kappa shape index (κ3) is 4.62. The van der Waals surface area contributed by atoms with E-state index < -0.39 is 5.97 Å². The summed E-state index contributed by atoms with van der Waals surface area (Å²) in [4.78, 5) is 10.8. The molecule has 76 valence electrons. The van der Waals surface area contributed by atoms with Gasteiger partial charge in [0.05, 0.1) is 6.26 Å². The summed E-state index contributed by atoms with van der Waals surface area (Å²) >= 11 is 0. The van der Waals surface area contributed by atoms with Crippen molar-refractivity contribution in [2.24, 2.45) is 0 Å². The molecule has 2 heteroatoms. The van der Waals surface area contributed by atoms with Gasteiger partial charge in [-0.1, -0.05) is 55.1 Å². The lowest BCUT2D eigenvalue weighted by atomic mass is 10.2. The Hall–Kier alpha value is -2.09. The van der Waals surface area contributed by atoms with Crippen LogP contribution in [-0.2, 0) is 9.53 Å². The van der Waals surface area contributed by atoms with Crippen LogP contribution in [-0.4, -0.2) is 5.97 Å². The summed E-state index contributed by atoms with van der Waals surface area (Å²) in [5.74, 6) is -0.428. The van der Waals surface area contributed by atoms with Crippen molar-refractivity contribution < 1.29 is 9.53 Å². The Morgan fingerprint density at radius 2 is 1.93 bits per heavy atom. The van der Waals surface area contributed by atoms with E-state index in [0.29, 0.717) is 0 Å². The fourth-order valence-electron chi connectivity index (χ4n) is 0.986. The van der Waals surface area contributed by atoms with Crippen LogP contribution >= 0.6 is 0 Å². The van der Waals surface area contributed by atoms with Gasteiger partial charge in [0.2, 0.25) is 0 Å². The Bertz CT molecular complexity index is 375. The van der Waals surface area contributed by atoms with Crippen LogP contribution in [0.1, 0.15) is 5.56 Å². The highest BCUT2D eigenvalue weighted by molar-refractivity contribution is 5.82. The molecule has 0 unspecified atom stereocenters. The van der Waals surface area contributed by atoms with Crippen molar-refractivity contribution in [1.82, 2.24) is 0 Å². The molecule has 0 aliphatic rings. The lowest BCUT2D eigenvalue weighted by Crippen LogP contribution is -1.91. The number of carbonyl (C=O) groups excluding carboxylic acids is 1. The second-order valence-corrected chi connectivity index (χ2v) is 2.73. The van der Waals surface area contributed by atoms with Gasteiger partial charge in [-0.2, -0.15) is 0 Å². The number of ether oxygens (including phenoxy) is 1. The summed E-state index contributed by atoms with van der Waals surface area (Å²) in [7, 11) is 0. The molecule has 15 heavy (non-hydrogen) atoms. The molecular weight excluding hydrogens is 188 g/mol. The third-order valence-electron chi connectivity index (χ3n) is 1.63. The lowest BCUT2D eigenvalue weighted by Gasteiger charge is -1.89. The minimum absolute atomic E-state index is 0.428. The number of rotatable bonds is 4. The Kier molecular flexibility index (Phi) is 4.67. The van der Waals surface area contributed by atoms with Crippen molar-refractivity contribution >= 4 is 12.0 Å². The molecule has 1 aromatic rings. The van der Waals surface area contributed by atoms with Crippen molar-refractivity contribution in [3.8, 4) is 0 Å². The Morgan fingerprint density at radius 3 is 2.60 bits per heavy atom. The van der Waals surface area contributed by atoms with Gasteiger partial charge in [-0.05, 0) is 5.56 Å². The second kappa shape index (κ2) is 6.38. The molecule has 0 aliphatic carbocycles. The predicted octanol–water partition coefficient (Wildman–Crippen LogP) is 2.94. The van der Waals surface area contributed by atoms with Gasteiger partial charge in [-0.15, -0.1) is 0 Å². The summed E-state index contributed by atoms with van der Waals surface area (Å²) in [5.41, 5.74) is 1.08. The molecule has 0 fully saturated rings. The minimum atomic E-state index is -0.428. The standard InChI is InChI=1S/C13H12O2/c1-2-15-13(14)11-7-6-10-12-8-4-3-5-9-12/h2-11H,1H2/b10-6+,11-7+. The van der Waals surface area contributed by atoms with Gasteiger partial charge < -0.3 is 4.74 Å². The van der Waals surface area contributed by atoms with Crippen molar-refractivity contribution in [2.45, 2.75) is 0 Å². The highest BCUT2D eigenvalue weighted by Crippen LogP contribution is 2.00. The first-order chi connectivity index (χ1) is 7.33. The number of benzene rings is 1. The third-order valence-corrected chi connectivity index (χ3v) is 1.63. The Labute approximate surface area is 89.2 Å². The van der Waals surface area contributed by atoms with Crippen LogP contribution in [0.4, 0.5) is 0 Å². The smallest absolute Gasteiger partial charge is 0.335 e. The number of allylic oxidation sites excluding steroid dienone is 2. The number of hydrogen-bond acceptors (Lipinski definition) is 2. The molecule has 1 aromatic carbocycles. The van der Waals surface area contributed by atoms with E-state index in [0.717, 1.165) is 11.8 Å². The zero-order valence-electron chi connectivity index (χ0n) is 8.30. The quantitative estimate of drug-likeness (QED) is 0.323. The number of hydrogen-bond donors (Lipinski definition) is 0. The highest BCUT2D eigenvalue weighted by atomic mass is 16.5. The van der Waals surface area contributed by atoms with E-state index in [-0.39, 0.29) is 0 Å². The minimum Gasteiger partial charge on any atom is -0.432 e. The first-order valence-corrected chi connectivity index (χ1v) is 4.54. The average Bonchev–Trinajstić information content (AvgIpc) is 2.26. The van der Waals surface area contributed by atoms with Gasteiger partial charge in [0.1, 0.15) is 0 Å². The molecule has 0 heterocycles. The topological polar surface area (TPSA) is 26.3 Å². The Morgan fingerprint density at radius 1 is 1.20 bits per heavy atom. The maximum Gasteiger partial charge on any atom is 0.335 e. The molecule has 0 aromatic heterocycles. The summed E-state index contributed by atoms with van der Waals surface area (Å²) < 4.78 is 4.50. The van der Waals surface area contributed by atoms with E-state index >= 15 is 0 Å². The zero-order valence-corrected chi connectivity index (χ0v) is 8.30. The van der Waals surface area contributed by atoms with Gasteiger partial charge in [0, 0.05) is 6.08 Å². The van der Waals surface area contributed by atoms with Crippen LogP contribution in [0.3, 0.4) is 0 Å². The summed E-state index contributed by atoms with van der Waals surface area (Å²) in [6.07, 6.45) is 7.74. The number of carbonyl (C=O) groups is 1. The average molecular weight is 200 g/mol. The van der Waals surface area contributed by atoms with Gasteiger partial charge in [0.15, 0.2) is 0 Å². The van der Waals surface area contributed by atoms with Crippen LogP contribution in [0.2, 0.25) is 0 Å². The maximum atomic E-state index is 10.8. The zero-order chi connectivity index (χ0) is 10.9. The molecule has 2 nitrogen and oxygen atoms in total. The van der Waals surface area contributed by atoms with Crippen molar-refractivity contribution in [2.75, 3.05) is 0 Å². The van der Waals surface area contributed by atoms with Crippen LogP contribution in [0.15, 0.2) is 61.4 Å². The normalized spacial score (nSPS) is 10.7. The van der Waals surface area contributed by atoms with Crippen LogP contribution in [0.5, 0.6) is 0 Å². The van der Waals surface area contributed by atoms with Crippen molar-refractivity contribution in [3.05, 3.63) is 67.0 Å². The molecule has 0 radical (unpaired) electrons. The van der Waals surface area contributed by atoms with Crippen LogP contribution in [0, 0.1) is 0 Å². The molecule has 1 rings (SSSR count).